The molecule has 0 aliphatic heterocycles. The van der Waals surface area contributed by atoms with E-state index in [4.69, 9.17) is 11.6 Å². The van der Waals surface area contributed by atoms with Gasteiger partial charge in [0, 0.05) is 6.20 Å². The van der Waals surface area contributed by atoms with Crippen LogP contribution in [0.4, 0.5) is 0 Å². The fourth-order valence-electron chi connectivity index (χ4n) is 2.54. The highest BCUT2D eigenvalue weighted by atomic mass is 35.5. The van der Waals surface area contributed by atoms with Crippen molar-refractivity contribution in [1.82, 2.24) is 14.5 Å². The Kier molecular flexibility index (Phi) is 3.45. The van der Waals surface area contributed by atoms with Crippen molar-refractivity contribution in [2.24, 2.45) is 0 Å². The zero-order valence-corrected chi connectivity index (χ0v) is 12.2. The van der Waals surface area contributed by atoms with Crippen LogP contribution in [-0.4, -0.2) is 14.5 Å². The Labute approximate surface area is 123 Å². The average molecular weight is 286 g/mol. The predicted octanol–water partition coefficient (Wildman–Crippen LogP) is 4.34. The molecule has 0 bridgehead atoms. The molecule has 0 radical (unpaired) electrons. The molecule has 0 saturated heterocycles. The summed E-state index contributed by atoms with van der Waals surface area (Å²) in [7, 11) is 0. The maximum atomic E-state index is 6.31. The highest BCUT2D eigenvalue weighted by molar-refractivity contribution is 6.20. The molecule has 20 heavy (non-hydrogen) atoms. The van der Waals surface area contributed by atoms with E-state index in [-0.39, 0.29) is 11.4 Å². The fraction of sp³-hybridized carbons (Fsp3) is 0.250. The Hall–Kier alpha value is -1.87. The van der Waals surface area contributed by atoms with Gasteiger partial charge in [0.05, 0.1) is 23.1 Å². The number of alkyl halides is 1. The third kappa shape index (κ3) is 2.18. The summed E-state index contributed by atoms with van der Waals surface area (Å²) in [5.74, 6) is 0.881. The lowest BCUT2D eigenvalue weighted by molar-refractivity contribution is 0.618. The molecular weight excluding hydrogens is 270 g/mol. The van der Waals surface area contributed by atoms with Crippen molar-refractivity contribution in [3.05, 3.63) is 60.2 Å². The zero-order valence-electron chi connectivity index (χ0n) is 11.5. The molecule has 102 valence electrons. The van der Waals surface area contributed by atoms with E-state index in [0.29, 0.717) is 0 Å². The van der Waals surface area contributed by atoms with E-state index in [9.17, 15) is 0 Å². The molecule has 2 heterocycles. The highest BCUT2D eigenvalue weighted by Crippen LogP contribution is 2.30. The lowest BCUT2D eigenvalue weighted by Gasteiger charge is -2.19. The summed E-state index contributed by atoms with van der Waals surface area (Å²) in [6.07, 6.45) is 3.58. The summed E-state index contributed by atoms with van der Waals surface area (Å²) in [5.41, 5.74) is 3.19. The Morgan fingerprint density at radius 1 is 1.10 bits per heavy atom. The van der Waals surface area contributed by atoms with Gasteiger partial charge in [0.1, 0.15) is 11.3 Å². The van der Waals surface area contributed by atoms with Crippen LogP contribution in [-0.2, 0) is 0 Å². The van der Waals surface area contributed by atoms with Crippen LogP contribution >= 0.6 is 11.6 Å². The fourth-order valence-corrected chi connectivity index (χ4v) is 2.69. The molecule has 0 fully saturated rings. The van der Waals surface area contributed by atoms with Crippen LogP contribution in [0, 0.1) is 0 Å². The minimum absolute atomic E-state index is 0.145. The number of pyridine rings is 1. The molecule has 0 aliphatic carbocycles. The Morgan fingerprint density at radius 3 is 2.55 bits per heavy atom. The number of fused-ring (bicyclic) bond motifs is 1. The second-order valence-electron chi connectivity index (χ2n) is 4.91. The van der Waals surface area contributed by atoms with Crippen molar-refractivity contribution in [2.75, 3.05) is 0 Å². The summed E-state index contributed by atoms with van der Waals surface area (Å²) in [5, 5.41) is -0.145. The lowest BCUT2D eigenvalue weighted by Crippen LogP contribution is -2.11. The third-order valence-corrected chi connectivity index (χ3v) is 3.74. The van der Waals surface area contributed by atoms with Gasteiger partial charge in [-0.2, -0.15) is 0 Å². The maximum absolute atomic E-state index is 6.31. The van der Waals surface area contributed by atoms with Crippen LogP contribution in [0.2, 0.25) is 0 Å². The van der Waals surface area contributed by atoms with Gasteiger partial charge in [-0.1, -0.05) is 30.3 Å². The summed E-state index contributed by atoms with van der Waals surface area (Å²) >= 11 is 6.31. The molecule has 3 nitrogen and oxygen atoms in total. The number of imidazole rings is 1. The van der Waals surface area contributed by atoms with Gasteiger partial charge in [0.2, 0.25) is 0 Å². The second-order valence-corrected chi connectivity index (χ2v) is 5.56. The number of aromatic nitrogens is 3. The van der Waals surface area contributed by atoms with E-state index in [0.717, 1.165) is 16.9 Å². The smallest absolute Gasteiger partial charge is 0.128 e. The van der Waals surface area contributed by atoms with Gasteiger partial charge in [0.25, 0.3) is 0 Å². The Balaban J connectivity index is 2.21. The zero-order chi connectivity index (χ0) is 14.1. The predicted molar refractivity (Wildman–Crippen MR) is 82.1 cm³/mol. The number of nitrogens with zero attached hydrogens (tertiary/aromatic N) is 3. The Morgan fingerprint density at radius 2 is 1.85 bits per heavy atom. The SMILES string of the molecule is CC(Cl)c1nc2cnccc2n1C(C)c1ccccc1. The van der Waals surface area contributed by atoms with Gasteiger partial charge in [-0.05, 0) is 25.5 Å². The van der Waals surface area contributed by atoms with Crippen molar-refractivity contribution in [3.63, 3.8) is 0 Å². The van der Waals surface area contributed by atoms with Crippen LogP contribution in [0.15, 0.2) is 48.8 Å². The molecule has 0 N–H and O–H groups in total. The third-order valence-electron chi connectivity index (χ3n) is 3.54. The molecule has 0 amide bonds. The molecule has 3 rings (SSSR count). The first-order chi connectivity index (χ1) is 9.68. The van der Waals surface area contributed by atoms with Gasteiger partial charge in [-0.15, -0.1) is 11.6 Å². The van der Waals surface area contributed by atoms with Crippen LogP contribution < -0.4 is 0 Å². The first-order valence-corrected chi connectivity index (χ1v) is 7.13. The molecule has 2 aromatic heterocycles. The van der Waals surface area contributed by atoms with Crippen molar-refractivity contribution in [2.45, 2.75) is 25.3 Å². The molecule has 2 unspecified atom stereocenters. The molecule has 0 spiro atoms. The largest absolute Gasteiger partial charge is 0.319 e. The highest BCUT2D eigenvalue weighted by Gasteiger charge is 2.19. The first kappa shape index (κ1) is 13.1. The van der Waals surface area contributed by atoms with E-state index in [1.165, 1.54) is 5.56 Å². The summed E-state index contributed by atoms with van der Waals surface area (Å²) < 4.78 is 2.20. The quantitative estimate of drug-likeness (QED) is 0.670. The number of halogens is 1. The van der Waals surface area contributed by atoms with E-state index < -0.39 is 0 Å². The van der Waals surface area contributed by atoms with Crippen molar-refractivity contribution >= 4 is 22.6 Å². The molecule has 0 saturated carbocycles. The average Bonchev–Trinajstić information content (AvgIpc) is 2.87. The topological polar surface area (TPSA) is 30.7 Å². The van der Waals surface area contributed by atoms with Crippen LogP contribution in [0.3, 0.4) is 0 Å². The van der Waals surface area contributed by atoms with Gasteiger partial charge in [-0.3, -0.25) is 4.98 Å². The normalized spacial score (nSPS) is 14.3. The second kappa shape index (κ2) is 5.25. The molecule has 2 atom stereocenters. The Bertz CT molecular complexity index is 719. The maximum Gasteiger partial charge on any atom is 0.128 e. The van der Waals surface area contributed by atoms with Crippen LogP contribution in [0.1, 0.15) is 36.7 Å². The summed E-state index contributed by atoms with van der Waals surface area (Å²) in [4.78, 5) is 8.77. The molecule has 3 aromatic rings. The van der Waals surface area contributed by atoms with Crippen LogP contribution in [0.25, 0.3) is 11.0 Å². The van der Waals surface area contributed by atoms with E-state index in [1.807, 2.05) is 19.1 Å². The van der Waals surface area contributed by atoms with Crippen molar-refractivity contribution < 1.29 is 0 Å². The van der Waals surface area contributed by atoms with Gasteiger partial charge in [0.15, 0.2) is 0 Å². The minimum Gasteiger partial charge on any atom is -0.319 e. The number of rotatable bonds is 3. The van der Waals surface area contributed by atoms with E-state index in [2.05, 4.69) is 45.7 Å². The van der Waals surface area contributed by atoms with Crippen molar-refractivity contribution in [3.8, 4) is 0 Å². The minimum atomic E-state index is -0.145. The van der Waals surface area contributed by atoms with Gasteiger partial charge in [-0.25, -0.2) is 4.98 Å². The molecule has 4 heteroatoms. The van der Waals surface area contributed by atoms with Gasteiger partial charge < -0.3 is 4.57 Å². The monoisotopic (exact) mass is 285 g/mol. The number of hydrogen-bond acceptors (Lipinski definition) is 2. The van der Waals surface area contributed by atoms with Gasteiger partial charge >= 0.3 is 0 Å². The summed E-state index contributed by atoms with van der Waals surface area (Å²) in [6, 6.07) is 12.6. The van der Waals surface area contributed by atoms with Crippen LogP contribution in [0.5, 0.6) is 0 Å². The first-order valence-electron chi connectivity index (χ1n) is 6.69. The van der Waals surface area contributed by atoms with E-state index in [1.54, 1.807) is 12.4 Å². The molecule has 1 aromatic carbocycles. The van der Waals surface area contributed by atoms with E-state index >= 15 is 0 Å². The standard InChI is InChI=1S/C16H16ClN3/c1-11(17)16-19-14-10-18-9-8-15(14)20(16)12(2)13-6-4-3-5-7-13/h3-12H,1-2H3. The number of hydrogen-bond donors (Lipinski definition) is 0. The molecule has 0 aliphatic rings. The lowest BCUT2D eigenvalue weighted by atomic mass is 10.1. The number of benzene rings is 1. The summed E-state index contributed by atoms with van der Waals surface area (Å²) in [6.45, 7) is 4.12. The molecular formula is C16H16ClN3. The van der Waals surface area contributed by atoms with Crippen molar-refractivity contribution in [1.29, 1.82) is 0 Å².